The Morgan fingerprint density at radius 3 is 1.30 bits per heavy atom. The van der Waals surface area contributed by atoms with Crippen molar-refractivity contribution in [2.24, 2.45) is 0 Å². The summed E-state index contributed by atoms with van der Waals surface area (Å²) in [4.78, 5) is 16.3. The lowest BCUT2D eigenvalue weighted by molar-refractivity contribution is 0.527. The van der Waals surface area contributed by atoms with Gasteiger partial charge in [0.05, 0.1) is 27.9 Å². The van der Waals surface area contributed by atoms with Gasteiger partial charge in [0.25, 0.3) is 0 Å². The summed E-state index contributed by atoms with van der Waals surface area (Å²) in [6, 6.07) is 44.4. The standard InChI is InChI=1S/C41H30N4O/c1-4-10-26(11-5-1)39-33-20-16-29(42-33)31-18-22-35(44-31)40(27-12-6-2-7-13-27)37-24-25-38(46-37)41(28-14-8-3-9-15-28)36-23-19-32(45-36)30-17-21-34(39)43-30/h1-23,42,44-45H,24-25H2. The molecule has 0 radical (unpaired) electrons. The van der Waals surface area contributed by atoms with E-state index in [9.17, 15) is 0 Å². The van der Waals surface area contributed by atoms with Crippen LogP contribution >= 0.6 is 0 Å². The molecule has 4 aromatic heterocycles. The first-order valence-corrected chi connectivity index (χ1v) is 15.7. The number of nitrogens with one attached hydrogen (secondary N) is 3. The van der Waals surface area contributed by atoms with Gasteiger partial charge in [-0.2, -0.15) is 0 Å². The van der Waals surface area contributed by atoms with Crippen molar-refractivity contribution in [3.8, 4) is 33.4 Å². The zero-order chi connectivity index (χ0) is 30.5. The van der Waals surface area contributed by atoms with E-state index in [0.29, 0.717) is 0 Å². The number of hydrogen-bond acceptors (Lipinski definition) is 2. The minimum atomic E-state index is 0.798. The second-order valence-corrected chi connectivity index (χ2v) is 11.7. The maximum Gasteiger partial charge on any atom is 0.114 e. The average molecular weight is 595 g/mol. The minimum absolute atomic E-state index is 0.798. The summed E-state index contributed by atoms with van der Waals surface area (Å²) in [6.45, 7) is 0. The third-order valence-electron chi connectivity index (χ3n) is 8.90. The number of fused-ring (bicyclic) bond motifs is 12. The summed E-state index contributed by atoms with van der Waals surface area (Å²) in [5, 5.41) is 0. The van der Waals surface area contributed by atoms with Crippen LogP contribution in [0, 0.1) is 0 Å². The first-order chi connectivity index (χ1) is 22.8. The van der Waals surface area contributed by atoms with Crippen LogP contribution in [0.5, 0.6) is 0 Å². The highest BCUT2D eigenvalue weighted by atomic mass is 16.3. The first kappa shape index (κ1) is 26.3. The van der Waals surface area contributed by atoms with E-state index >= 15 is 0 Å². The summed E-state index contributed by atoms with van der Waals surface area (Å²) in [7, 11) is 0. The molecule has 0 aliphatic carbocycles. The van der Waals surface area contributed by atoms with Gasteiger partial charge in [-0.3, -0.25) is 0 Å². The van der Waals surface area contributed by atoms with E-state index in [4.69, 9.17) is 9.40 Å². The number of aromatic nitrogens is 4. The van der Waals surface area contributed by atoms with Crippen LogP contribution in [0.3, 0.4) is 0 Å². The molecule has 9 rings (SSSR count). The predicted octanol–water partition coefficient (Wildman–Crippen LogP) is 10.5. The molecule has 7 aromatic rings. The molecule has 2 aliphatic rings. The highest BCUT2D eigenvalue weighted by Crippen LogP contribution is 2.37. The van der Waals surface area contributed by atoms with Gasteiger partial charge in [-0.1, -0.05) is 91.0 Å². The van der Waals surface area contributed by atoms with Gasteiger partial charge in [0.1, 0.15) is 11.5 Å². The number of aromatic amines is 3. The fraction of sp³-hybridized carbons (Fsp3) is 0.0488. The molecule has 46 heavy (non-hydrogen) atoms. The SMILES string of the molecule is C1=Cc2nc1c(-c1ccccc1)c1ccc([nH]1)c1ccc([nH]1)c(-c1ccccc1)c1oc(c(-c3ccccc3)c3ccc2[nH]3)CC1. The molecular weight excluding hydrogens is 564 g/mol. The second kappa shape index (κ2) is 10.8. The maximum atomic E-state index is 6.89. The van der Waals surface area contributed by atoms with Crippen LogP contribution in [0.25, 0.3) is 78.6 Å². The van der Waals surface area contributed by atoms with Crippen LogP contribution in [0.4, 0.5) is 0 Å². The second-order valence-electron chi connectivity index (χ2n) is 11.7. The zero-order valence-corrected chi connectivity index (χ0v) is 25.0. The van der Waals surface area contributed by atoms with Gasteiger partial charge >= 0.3 is 0 Å². The van der Waals surface area contributed by atoms with Crippen molar-refractivity contribution in [1.82, 2.24) is 19.9 Å². The van der Waals surface area contributed by atoms with Gasteiger partial charge in [0.2, 0.25) is 0 Å². The molecule has 3 aromatic carbocycles. The number of aryl methyl sites for hydroxylation is 2. The first-order valence-electron chi connectivity index (χ1n) is 15.7. The van der Waals surface area contributed by atoms with Gasteiger partial charge in [0.15, 0.2) is 0 Å². The third-order valence-corrected chi connectivity index (χ3v) is 8.90. The van der Waals surface area contributed by atoms with E-state index in [0.717, 1.165) is 102 Å². The lowest BCUT2D eigenvalue weighted by atomic mass is 10.0. The molecule has 0 spiro atoms. The monoisotopic (exact) mass is 594 g/mol. The van der Waals surface area contributed by atoms with E-state index in [-0.39, 0.29) is 0 Å². The van der Waals surface area contributed by atoms with Crippen LogP contribution in [0.15, 0.2) is 132 Å². The van der Waals surface area contributed by atoms with Crippen molar-refractivity contribution >= 4 is 45.3 Å². The number of nitrogens with zero attached hydrogens (tertiary/aromatic N) is 1. The Hall–Kier alpha value is -6.07. The normalized spacial score (nSPS) is 12.5. The van der Waals surface area contributed by atoms with Gasteiger partial charge in [-0.25, -0.2) is 4.98 Å². The molecule has 0 saturated carbocycles. The Morgan fingerprint density at radius 2 is 0.783 bits per heavy atom. The van der Waals surface area contributed by atoms with Crippen LogP contribution < -0.4 is 0 Å². The van der Waals surface area contributed by atoms with Crippen molar-refractivity contribution in [3.05, 3.63) is 150 Å². The molecule has 10 bridgehead atoms. The maximum absolute atomic E-state index is 6.89. The Balaban J connectivity index is 1.44. The minimum Gasteiger partial charge on any atom is -0.465 e. The highest BCUT2D eigenvalue weighted by Gasteiger charge is 2.20. The van der Waals surface area contributed by atoms with Gasteiger partial charge < -0.3 is 19.4 Å². The molecule has 5 nitrogen and oxygen atoms in total. The molecule has 3 N–H and O–H groups in total. The summed E-state index contributed by atoms with van der Waals surface area (Å²) in [5.41, 5.74) is 14.4. The molecule has 2 aliphatic heterocycles. The molecule has 0 fully saturated rings. The smallest absolute Gasteiger partial charge is 0.114 e. The van der Waals surface area contributed by atoms with E-state index < -0.39 is 0 Å². The number of rotatable bonds is 3. The molecule has 0 saturated heterocycles. The largest absolute Gasteiger partial charge is 0.465 e. The van der Waals surface area contributed by atoms with E-state index in [2.05, 4.69) is 148 Å². The quantitative estimate of drug-likeness (QED) is 0.190. The number of H-pyrrole nitrogens is 3. The Kier molecular flexibility index (Phi) is 6.20. The molecule has 6 heterocycles. The predicted molar refractivity (Wildman–Crippen MR) is 189 cm³/mol. The van der Waals surface area contributed by atoms with Gasteiger partial charge in [0, 0.05) is 46.1 Å². The van der Waals surface area contributed by atoms with Crippen molar-refractivity contribution in [3.63, 3.8) is 0 Å². The fourth-order valence-corrected chi connectivity index (χ4v) is 6.76. The third kappa shape index (κ3) is 4.52. The molecule has 0 atom stereocenters. The van der Waals surface area contributed by atoms with Gasteiger partial charge in [-0.15, -0.1) is 0 Å². The van der Waals surface area contributed by atoms with Crippen molar-refractivity contribution in [2.45, 2.75) is 12.8 Å². The molecule has 220 valence electrons. The Morgan fingerprint density at radius 1 is 0.391 bits per heavy atom. The molecule has 0 unspecified atom stereocenters. The number of benzene rings is 3. The summed E-state index contributed by atoms with van der Waals surface area (Å²) in [5.74, 6) is 1.92. The summed E-state index contributed by atoms with van der Waals surface area (Å²) < 4.78 is 6.89. The van der Waals surface area contributed by atoms with Crippen LogP contribution in [-0.2, 0) is 12.8 Å². The number of hydrogen-bond donors (Lipinski definition) is 3. The lowest BCUT2D eigenvalue weighted by Gasteiger charge is -2.05. The topological polar surface area (TPSA) is 73.4 Å². The fourth-order valence-electron chi connectivity index (χ4n) is 6.76. The lowest BCUT2D eigenvalue weighted by Crippen LogP contribution is -1.87. The van der Waals surface area contributed by atoms with Crippen molar-refractivity contribution in [1.29, 1.82) is 0 Å². The van der Waals surface area contributed by atoms with Crippen LogP contribution in [0.2, 0.25) is 0 Å². The van der Waals surface area contributed by atoms with Crippen LogP contribution in [0.1, 0.15) is 22.9 Å². The van der Waals surface area contributed by atoms with Crippen molar-refractivity contribution < 1.29 is 4.42 Å². The molecule has 5 heteroatoms. The summed E-state index contributed by atoms with van der Waals surface area (Å²) in [6.07, 6.45) is 5.80. The molecule has 0 amide bonds. The van der Waals surface area contributed by atoms with E-state index in [1.165, 1.54) is 0 Å². The Bertz CT molecular complexity index is 2460. The van der Waals surface area contributed by atoms with Crippen molar-refractivity contribution in [2.75, 3.05) is 0 Å². The Labute approximate surface area is 265 Å². The molecular formula is C41H30N4O. The highest BCUT2D eigenvalue weighted by molar-refractivity contribution is 5.95. The van der Waals surface area contributed by atoms with Crippen LogP contribution in [-0.4, -0.2) is 19.9 Å². The zero-order valence-electron chi connectivity index (χ0n) is 25.0. The van der Waals surface area contributed by atoms with E-state index in [1.54, 1.807) is 0 Å². The van der Waals surface area contributed by atoms with Gasteiger partial charge in [-0.05, 0) is 65.2 Å². The summed E-state index contributed by atoms with van der Waals surface area (Å²) >= 11 is 0. The van der Waals surface area contributed by atoms with E-state index in [1.807, 2.05) is 6.07 Å². The average Bonchev–Trinajstić information content (AvgIpc) is 3.94.